The summed E-state index contributed by atoms with van der Waals surface area (Å²) in [7, 11) is 3.19. The molecule has 122 valence electrons. The molecular weight excluding hydrogens is 304 g/mol. The Morgan fingerprint density at radius 1 is 1.09 bits per heavy atom. The molecule has 0 saturated carbocycles. The number of hydrogen-bond acceptors (Lipinski definition) is 4. The van der Waals surface area contributed by atoms with Crippen molar-refractivity contribution >= 4 is 18.3 Å². The van der Waals surface area contributed by atoms with E-state index in [-0.39, 0.29) is 18.3 Å². The Hall–Kier alpha value is -1.46. The highest BCUT2D eigenvalue weighted by atomic mass is 35.5. The summed E-state index contributed by atoms with van der Waals surface area (Å²) in [4.78, 5) is 14.7. The largest absolute Gasteiger partial charge is 0.497 e. The topological polar surface area (TPSA) is 50.8 Å². The molecule has 1 N–H and O–H groups in total. The molecule has 2 aliphatic rings. The van der Waals surface area contributed by atoms with Crippen LogP contribution in [-0.4, -0.2) is 50.2 Å². The zero-order valence-electron chi connectivity index (χ0n) is 13.0. The van der Waals surface area contributed by atoms with Gasteiger partial charge in [0.05, 0.1) is 14.2 Å². The summed E-state index contributed by atoms with van der Waals surface area (Å²) in [5.74, 6) is 1.35. The Morgan fingerprint density at radius 2 is 1.73 bits per heavy atom. The van der Waals surface area contributed by atoms with Crippen LogP contribution in [0, 0.1) is 0 Å². The fourth-order valence-electron chi connectivity index (χ4n) is 3.24. The lowest BCUT2D eigenvalue weighted by Gasteiger charge is -2.24. The number of carbonyl (C=O) groups excluding carboxylic acids is 1. The van der Waals surface area contributed by atoms with Gasteiger partial charge >= 0.3 is 0 Å². The first-order chi connectivity index (χ1) is 10.2. The van der Waals surface area contributed by atoms with E-state index in [0.717, 1.165) is 25.9 Å². The third-order valence-corrected chi connectivity index (χ3v) is 4.41. The molecule has 2 unspecified atom stereocenters. The quantitative estimate of drug-likeness (QED) is 0.924. The molecule has 2 atom stereocenters. The average Bonchev–Trinajstić information content (AvgIpc) is 2.85. The number of likely N-dealkylation sites (tertiary alicyclic amines) is 1. The van der Waals surface area contributed by atoms with Crippen molar-refractivity contribution in [2.75, 3.05) is 27.3 Å². The molecule has 1 amide bonds. The predicted molar refractivity (Wildman–Crippen MR) is 87.3 cm³/mol. The van der Waals surface area contributed by atoms with Gasteiger partial charge in [0.25, 0.3) is 5.91 Å². The van der Waals surface area contributed by atoms with Gasteiger partial charge in [-0.05, 0) is 31.4 Å². The maximum absolute atomic E-state index is 12.8. The molecule has 3 rings (SSSR count). The molecule has 0 aromatic heterocycles. The molecule has 2 saturated heterocycles. The Kier molecular flexibility index (Phi) is 5.53. The summed E-state index contributed by atoms with van der Waals surface area (Å²) in [5, 5.41) is 3.59. The Bertz CT molecular complexity index is 516. The Balaban J connectivity index is 0.00000176. The first-order valence-electron chi connectivity index (χ1n) is 7.48. The molecule has 0 radical (unpaired) electrons. The van der Waals surface area contributed by atoms with E-state index in [1.165, 1.54) is 6.42 Å². The third-order valence-electron chi connectivity index (χ3n) is 4.41. The summed E-state index contributed by atoms with van der Waals surface area (Å²) in [6, 6.07) is 6.35. The van der Waals surface area contributed by atoms with E-state index in [4.69, 9.17) is 9.47 Å². The molecule has 6 heteroatoms. The van der Waals surface area contributed by atoms with E-state index in [9.17, 15) is 4.79 Å². The Morgan fingerprint density at radius 3 is 2.36 bits per heavy atom. The highest BCUT2D eigenvalue weighted by Gasteiger charge is 2.31. The van der Waals surface area contributed by atoms with Gasteiger partial charge in [0.1, 0.15) is 11.5 Å². The van der Waals surface area contributed by atoms with Crippen molar-refractivity contribution in [2.45, 2.75) is 31.3 Å². The molecule has 22 heavy (non-hydrogen) atoms. The van der Waals surface area contributed by atoms with Crippen LogP contribution in [-0.2, 0) is 0 Å². The fourth-order valence-corrected chi connectivity index (χ4v) is 3.24. The van der Waals surface area contributed by atoms with Crippen molar-refractivity contribution in [3.63, 3.8) is 0 Å². The SMILES string of the molecule is COc1cc(OC)cc(C(=O)N2CCC3CCC(C2)N3)c1.Cl. The molecule has 0 spiro atoms. The summed E-state index contributed by atoms with van der Waals surface area (Å²) >= 11 is 0. The van der Waals surface area contributed by atoms with Crippen LogP contribution in [0.15, 0.2) is 18.2 Å². The number of carbonyl (C=O) groups is 1. The summed E-state index contributed by atoms with van der Waals surface area (Å²) in [6.07, 6.45) is 3.43. The zero-order valence-corrected chi connectivity index (χ0v) is 13.8. The summed E-state index contributed by atoms with van der Waals surface area (Å²) in [5.41, 5.74) is 0.629. The van der Waals surface area contributed by atoms with Gasteiger partial charge < -0.3 is 19.7 Å². The third kappa shape index (κ3) is 3.47. The molecular formula is C16H23ClN2O3. The van der Waals surface area contributed by atoms with Gasteiger partial charge in [0, 0.05) is 36.8 Å². The van der Waals surface area contributed by atoms with E-state index in [2.05, 4.69) is 5.32 Å². The van der Waals surface area contributed by atoms with Gasteiger partial charge in [-0.25, -0.2) is 0 Å². The number of ether oxygens (including phenoxy) is 2. The molecule has 1 aromatic rings. The number of nitrogens with zero attached hydrogens (tertiary/aromatic N) is 1. The predicted octanol–water partition coefficient (Wildman–Crippen LogP) is 2.09. The number of methoxy groups -OCH3 is 2. The maximum atomic E-state index is 12.8. The highest BCUT2D eigenvalue weighted by molar-refractivity contribution is 5.95. The molecule has 1 aromatic carbocycles. The molecule has 2 fully saturated rings. The van der Waals surface area contributed by atoms with E-state index in [1.54, 1.807) is 32.4 Å². The van der Waals surface area contributed by atoms with Gasteiger partial charge in [-0.3, -0.25) is 4.79 Å². The van der Waals surface area contributed by atoms with Gasteiger partial charge in [-0.15, -0.1) is 12.4 Å². The lowest BCUT2D eigenvalue weighted by atomic mass is 10.1. The number of rotatable bonds is 3. The van der Waals surface area contributed by atoms with Gasteiger partial charge in [0.15, 0.2) is 0 Å². The number of hydrogen-bond donors (Lipinski definition) is 1. The molecule has 2 bridgehead atoms. The van der Waals surface area contributed by atoms with Crippen molar-refractivity contribution in [3.05, 3.63) is 23.8 Å². The fraction of sp³-hybridized carbons (Fsp3) is 0.562. The van der Waals surface area contributed by atoms with Gasteiger partial charge in [-0.2, -0.15) is 0 Å². The summed E-state index contributed by atoms with van der Waals surface area (Å²) < 4.78 is 10.5. The van der Waals surface area contributed by atoms with E-state index in [0.29, 0.717) is 29.1 Å². The zero-order chi connectivity index (χ0) is 14.8. The molecule has 2 heterocycles. The van der Waals surface area contributed by atoms with Crippen molar-refractivity contribution in [2.24, 2.45) is 0 Å². The van der Waals surface area contributed by atoms with Gasteiger partial charge in [0.2, 0.25) is 0 Å². The number of fused-ring (bicyclic) bond motifs is 2. The normalized spacial score (nSPS) is 23.5. The minimum Gasteiger partial charge on any atom is -0.497 e. The van der Waals surface area contributed by atoms with E-state index in [1.807, 2.05) is 4.90 Å². The standard InChI is InChI=1S/C16H22N2O3.ClH/c1-20-14-7-11(8-15(9-14)21-2)16(19)18-6-5-12-3-4-13(10-18)17-12;/h7-9,12-13,17H,3-6,10H2,1-2H3;1H. The molecule has 0 aliphatic carbocycles. The average molecular weight is 327 g/mol. The second kappa shape index (κ2) is 7.20. The van der Waals surface area contributed by atoms with Crippen molar-refractivity contribution < 1.29 is 14.3 Å². The van der Waals surface area contributed by atoms with Crippen molar-refractivity contribution in [1.82, 2.24) is 10.2 Å². The molecule has 2 aliphatic heterocycles. The second-order valence-electron chi connectivity index (χ2n) is 5.78. The maximum Gasteiger partial charge on any atom is 0.254 e. The number of nitrogens with one attached hydrogen (secondary N) is 1. The van der Waals surface area contributed by atoms with E-state index >= 15 is 0 Å². The first-order valence-corrected chi connectivity index (χ1v) is 7.48. The lowest BCUT2D eigenvalue weighted by molar-refractivity contribution is 0.0747. The van der Waals surface area contributed by atoms with Crippen LogP contribution in [0.3, 0.4) is 0 Å². The molecule has 5 nitrogen and oxygen atoms in total. The number of halogens is 1. The van der Waals surface area contributed by atoms with Crippen LogP contribution in [0.25, 0.3) is 0 Å². The highest BCUT2D eigenvalue weighted by Crippen LogP contribution is 2.25. The Labute approximate surface area is 137 Å². The minimum absolute atomic E-state index is 0. The van der Waals surface area contributed by atoms with Crippen LogP contribution in [0.5, 0.6) is 11.5 Å². The number of benzene rings is 1. The minimum atomic E-state index is 0. The van der Waals surface area contributed by atoms with Crippen LogP contribution in [0.4, 0.5) is 0 Å². The van der Waals surface area contributed by atoms with E-state index < -0.39 is 0 Å². The van der Waals surface area contributed by atoms with Crippen LogP contribution in [0.1, 0.15) is 29.6 Å². The second-order valence-corrected chi connectivity index (χ2v) is 5.78. The van der Waals surface area contributed by atoms with Crippen LogP contribution in [0.2, 0.25) is 0 Å². The smallest absolute Gasteiger partial charge is 0.254 e. The lowest BCUT2D eigenvalue weighted by Crippen LogP contribution is -2.39. The van der Waals surface area contributed by atoms with Crippen molar-refractivity contribution in [1.29, 1.82) is 0 Å². The first kappa shape index (κ1) is 16.9. The number of amides is 1. The van der Waals surface area contributed by atoms with Crippen LogP contribution >= 0.6 is 12.4 Å². The van der Waals surface area contributed by atoms with Crippen LogP contribution < -0.4 is 14.8 Å². The van der Waals surface area contributed by atoms with Gasteiger partial charge in [-0.1, -0.05) is 0 Å². The monoisotopic (exact) mass is 326 g/mol. The van der Waals surface area contributed by atoms with Crippen molar-refractivity contribution in [3.8, 4) is 11.5 Å². The summed E-state index contributed by atoms with van der Waals surface area (Å²) in [6.45, 7) is 1.60.